The summed E-state index contributed by atoms with van der Waals surface area (Å²) in [5, 5.41) is 0.434. The average Bonchev–Trinajstić information content (AvgIpc) is 2.59. The zero-order valence-corrected chi connectivity index (χ0v) is 14.5. The van der Waals surface area contributed by atoms with E-state index in [4.69, 9.17) is 23.8 Å². The highest BCUT2D eigenvalue weighted by molar-refractivity contribution is 7.71. The van der Waals surface area contributed by atoms with Crippen LogP contribution in [0.5, 0.6) is 0 Å². The maximum absolute atomic E-state index is 13.9. The second kappa shape index (κ2) is 7.42. The molecule has 2 aromatic rings. The molecule has 0 radical (unpaired) electrons. The Morgan fingerprint density at radius 2 is 1.96 bits per heavy atom. The number of benzene rings is 1. The lowest BCUT2D eigenvalue weighted by molar-refractivity contribution is 0.0626. The summed E-state index contributed by atoms with van der Waals surface area (Å²) in [4.78, 5) is 19.3. The normalized spacial score (nSPS) is 15.5. The Bertz CT molecular complexity index is 782. The van der Waals surface area contributed by atoms with Crippen LogP contribution in [-0.4, -0.2) is 46.9 Å². The van der Waals surface area contributed by atoms with Gasteiger partial charge in [0.1, 0.15) is 10.5 Å². The van der Waals surface area contributed by atoms with Crippen LogP contribution in [0.4, 0.5) is 4.39 Å². The second-order valence-electron chi connectivity index (χ2n) is 5.68. The first kappa shape index (κ1) is 17.1. The molecule has 0 bridgehead atoms. The molecule has 1 saturated heterocycles. The second-order valence-corrected chi connectivity index (χ2v) is 6.50. The van der Waals surface area contributed by atoms with Crippen LogP contribution in [0.3, 0.4) is 0 Å². The van der Waals surface area contributed by atoms with Crippen LogP contribution in [0, 0.1) is 10.5 Å². The van der Waals surface area contributed by atoms with E-state index in [2.05, 4.69) is 9.88 Å². The molecule has 0 unspecified atom stereocenters. The van der Waals surface area contributed by atoms with E-state index < -0.39 is 0 Å². The van der Waals surface area contributed by atoms with Gasteiger partial charge in [-0.1, -0.05) is 29.9 Å². The Morgan fingerprint density at radius 3 is 2.62 bits per heavy atom. The van der Waals surface area contributed by atoms with E-state index in [0.717, 1.165) is 0 Å². The first-order valence-corrected chi connectivity index (χ1v) is 8.47. The van der Waals surface area contributed by atoms with Crippen molar-refractivity contribution < 1.29 is 9.18 Å². The number of amides is 1. The number of hydrogen-bond acceptors (Lipinski definition) is 3. The Hall–Kier alpha value is -1.76. The van der Waals surface area contributed by atoms with Gasteiger partial charge in [0.05, 0.1) is 5.56 Å². The number of rotatable bonds is 3. The number of aromatic nitrogens is 1. The molecule has 1 N–H and O–H groups in total. The fourth-order valence-electron chi connectivity index (χ4n) is 2.78. The molecule has 0 atom stereocenters. The van der Waals surface area contributed by atoms with E-state index in [1.165, 1.54) is 6.07 Å². The molecule has 2 heterocycles. The highest BCUT2D eigenvalue weighted by atomic mass is 35.5. The number of carbonyl (C=O) groups excluding carboxylic acids is 1. The molecule has 0 aliphatic carbocycles. The van der Waals surface area contributed by atoms with Gasteiger partial charge >= 0.3 is 0 Å². The number of pyridine rings is 1. The van der Waals surface area contributed by atoms with Gasteiger partial charge in [-0.05, 0) is 24.3 Å². The van der Waals surface area contributed by atoms with Crippen LogP contribution in [0.15, 0.2) is 36.5 Å². The first-order valence-electron chi connectivity index (χ1n) is 7.68. The van der Waals surface area contributed by atoms with Gasteiger partial charge in [0, 0.05) is 49.5 Å². The summed E-state index contributed by atoms with van der Waals surface area (Å²) in [7, 11) is 0. The van der Waals surface area contributed by atoms with E-state index >= 15 is 0 Å². The summed E-state index contributed by atoms with van der Waals surface area (Å²) < 4.78 is 14.3. The first-order chi connectivity index (χ1) is 11.6. The SMILES string of the molecule is O=C(c1ccc[nH]c1=S)N1CCN(Cc2c(F)cccc2Cl)CC1. The highest BCUT2D eigenvalue weighted by Crippen LogP contribution is 2.21. The third-order valence-corrected chi connectivity index (χ3v) is 4.84. The topological polar surface area (TPSA) is 39.3 Å². The lowest BCUT2D eigenvalue weighted by Gasteiger charge is -2.35. The summed E-state index contributed by atoms with van der Waals surface area (Å²) >= 11 is 11.2. The van der Waals surface area contributed by atoms with Gasteiger partial charge in [-0.3, -0.25) is 9.69 Å². The molecule has 1 aliphatic heterocycles. The third kappa shape index (κ3) is 3.66. The van der Waals surface area contributed by atoms with Gasteiger partial charge < -0.3 is 9.88 Å². The minimum absolute atomic E-state index is 0.0691. The van der Waals surface area contributed by atoms with Crippen molar-refractivity contribution in [2.45, 2.75) is 6.54 Å². The Morgan fingerprint density at radius 1 is 1.21 bits per heavy atom. The number of nitrogens with one attached hydrogen (secondary N) is 1. The van der Waals surface area contributed by atoms with Crippen LogP contribution in [0.25, 0.3) is 0 Å². The zero-order chi connectivity index (χ0) is 17.1. The molecular weight excluding hydrogens is 349 g/mol. The molecule has 1 aliphatic rings. The third-order valence-electron chi connectivity index (χ3n) is 4.15. The lowest BCUT2D eigenvalue weighted by Crippen LogP contribution is -2.48. The number of aromatic amines is 1. The van der Waals surface area contributed by atoms with E-state index in [1.54, 1.807) is 35.4 Å². The van der Waals surface area contributed by atoms with Crippen molar-refractivity contribution in [1.82, 2.24) is 14.8 Å². The summed E-state index contributed by atoms with van der Waals surface area (Å²) in [6.07, 6.45) is 1.70. The van der Waals surface area contributed by atoms with Crippen LogP contribution in [-0.2, 0) is 6.54 Å². The van der Waals surface area contributed by atoms with E-state index in [0.29, 0.717) is 53.5 Å². The summed E-state index contributed by atoms with van der Waals surface area (Å²) in [5.74, 6) is -0.364. The molecule has 1 aromatic carbocycles. The maximum atomic E-state index is 13.9. The van der Waals surface area contributed by atoms with Gasteiger partial charge in [-0.15, -0.1) is 0 Å². The van der Waals surface area contributed by atoms with Crippen molar-refractivity contribution in [2.24, 2.45) is 0 Å². The Balaban J connectivity index is 1.63. The van der Waals surface area contributed by atoms with Crippen LogP contribution in [0.2, 0.25) is 5.02 Å². The van der Waals surface area contributed by atoms with Crippen molar-refractivity contribution in [2.75, 3.05) is 26.2 Å². The maximum Gasteiger partial charge on any atom is 0.256 e. The fourth-order valence-corrected chi connectivity index (χ4v) is 3.22. The number of nitrogens with zero attached hydrogens (tertiary/aromatic N) is 2. The predicted octanol–water partition coefficient (Wildman–Crippen LogP) is 3.49. The average molecular weight is 366 g/mol. The molecule has 7 heteroatoms. The van der Waals surface area contributed by atoms with Crippen molar-refractivity contribution in [3.8, 4) is 0 Å². The minimum Gasteiger partial charge on any atom is -0.352 e. The molecule has 1 amide bonds. The Kier molecular flexibility index (Phi) is 5.28. The monoisotopic (exact) mass is 365 g/mol. The summed E-state index contributed by atoms with van der Waals surface area (Å²) in [5.41, 5.74) is 1.02. The number of carbonyl (C=O) groups is 1. The van der Waals surface area contributed by atoms with Gasteiger partial charge in [0.25, 0.3) is 5.91 Å². The zero-order valence-electron chi connectivity index (χ0n) is 13.0. The van der Waals surface area contributed by atoms with Gasteiger partial charge in [-0.2, -0.15) is 0 Å². The van der Waals surface area contributed by atoms with Gasteiger partial charge in [0.15, 0.2) is 0 Å². The standard InChI is InChI=1S/C17H17ClFN3OS/c18-14-4-1-5-15(19)13(14)11-21-7-9-22(10-8-21)17(23)12-3-2-6-20-16(12)24/h1-6H,7-11H2,(H,20,24). The minimum atomic E-state index is -0.295. The van der Waals surface area contributed by atoms with Crippen LogP contribution < -0.4 is 0 Å². The van der Waals surface area contributed by atoms with Crippen molar-refractivity contribution >= 4 is 29.7 Å². The largest absolute Gasteiger partial charge is 0.352 e. The lowest BCUT2D eigenvalue weighted by atomic mass is 10.1. The molecule has 1 aromatic heterocycles. The molecule has 4 nitrogen and oxygen atoms in total. The van der Waals surface area contributed by atoms with Crippen LogP contribution >= 0.6 is 23.8 Å². The molecule has 126 valence electrons. The van der Waals surface area contributed by atoms with Crippen molar-refractivity contribution in [3.63, 3.8) is 0 Å². The molecular formula is C17H17ClFN3OS. The number of hydrogen-bond donors (Lipinski definition) is 1. The Labute approximate surface area is 149 Å². The summed E-state index contributed by atoms with van der Waals surface area (Å²) in [6.45, 7) is 2.93. The van der Waals surface area contributed by atoms with Crippen molar-refractivity contribution in [1.29, 1.82) is 0 Å². The predicted molar refractivity (Wildman–Crippen MR) is 94.2 cm³/mol. The van der Waals surface area contributed by atoms with E-state index in [1.807, 2.05) is 0 Å². The quantitative estimate of drug-likeness (QED) is 0.846. The molecule has 0 saturated carbocycles. The number of piperazine rings is 1. The summed E-state index contributed by atoms with van der Waals surface area (Å²) in [6, 6.07) is 8.20. The molecule has 1 fully saturated rings. The molecule has 0 spiro atoms. The number of H-pyrrole nitrogens is 1. The highest BCUT2D eigenvalue weighted by Gasteiger charge is 2.23. The fraction of sp³-hybridized carbons (Fsp3) is 0.294. The van der Waals surface area contributed by atoms with Crippen LogP contribution in [0.1, 0.15) is 15.9 Å². The van der Waals surface area contributed by atoms with Gasteiger partial charge in [-0.25, -0.2) is 4.39 Å². The van der Waals surface area contributed by atoms with E-state index in [9.17, 15) is 9.18 Å². The molecule has 3 rings (SSSR count). The smallest absolute Gasteiger partial charge is 0.256 e. The van der Waals surface area contributed by atoms with Crippen molar-refractivity contribution in [3.05, 3.63) is 63.1 Å². The van der Waals surface area contributed by atoms with Gasteiger partial charge in [0.2, 0.25) is 0 Å². The number of halogens is 2. The van der Waals surface area contributed by atoms with E-state index in [-0.39, 0.29) is 11.7 Å². The molecule has 24 heavy (non-hydrogen) atoms.